The van der Waals surface area contributed by atoms with Gasteiger partial charge in [-0.15, -0.1) is 10.2 Å². The maximum atomic E-state index is 13.1. The van der Waals surface area contributed by atoms with E-state index in [1.807, 2.05) is 30.3 Å². The number of amides is 1. The van der Waals surface area contributed by atoms with Crippen molar-refractivity contribution in [3.8, 4) is 11.5 Å². The lowest BCUT2D eigenvalue weighted by Gasteiger charge is -2.20. The Bertz CT molecular complexity index is 1130. The molecular weight excluding hydrogens is 404 g/mol. The van der Waals surface area contributed by atoms with Crippen molar-refractivity contribution in [2.45, 2.75) is 31.2 Å². The number of sulfonamides is 1. The normalized spacial score (nSPS) is 14.6. The van der Waals surface area contributed by atoms with Crippen LogP contribution >= 0.6 is 0 Å². The first-order chi connectivity index (χ1) is 14.5. The highest BCUT2D eigenvalue weighted by molar-refractivity contribution is 7.89. The molecule has 0 spiro atoms. The third-order valence-electron chi connectivity index (χ3n) is 5.01. The maximum Gasteiger partial charge on any atom is 0.247 e. The largest absolute Gasteiger partial charge is 0.419 e. The molecule has 0 saturated carbocycles. The van der Waals surface area contributed by atoms with Crippen LogP contribution in [-0.4, -0.2) is 41.9 Å². The summed E-state index contributed by atoms with van der Waals surface area (Å²) in [6, 6.07) is 15.7. The van der Waals surface area contributed by atoms with E-state index in [9.17, 15) is 13.2 Å². The van der Waals surface area contributed by atoms with Gasteiger partial charge in [-0.25, -0.2) is 8.42 Å². The summed E-state index contributed by atoms with van der Waals surface area (Å²) in [4.78, 5) is 13.7. The van der Waals surface area contributed by atoms with Gasteiger partial charge >= 0.3 is 0 Å². The second kappa shape index (κ2) is 8.37. The molecule has 30 heavy (non-hydrogen) atoms. The van der Waals surface area contributed by atoms with Crippen LogP contribution in [-0.2, 0) is 21.4 Å². The summed E-state index contributed by atoms with van der Waals surface area (Å²) in [5.41, 5.74) is 1.48. The van der Waals surface area contributed by atoms with Crippen LogP contribution in [0.2, 0.25) is 0 Å². The number of hydrogen-bond donors (Lipinski definition) is 0. The summed E-state index contributed by atoms with van der Waals surface area (Å²) in [6.45, 7) is 2.64. The SMILES string of the molecule is CCN(Cc1nnc(-c2ccccc2)o1)S(=O)(=O)c1ccc(N2CCCC2=O)cc1. The van der Waals surface area contributed by atoms with Gasteiger partial charge in [0.05, 0.1) is 11.4 Å². The fourth-order valence-electron chi connectivity index (χ4n) is 3.40. The molecular formula is C21H22N4O4S. The molecule has 8 nitrogen and oxygen atoms in total. The number of carbonyl (C=O) groups is 1. The van der Waals surface area contributed by atoms with Crippen molar-refractivity contribution in [2.24, 2.45) is 0 Å². The molecule has 0 atom stereocenters. The zero-order chi connectivity index (χ0) is 21.1. The number of benzene rings is 2. The van der Waals surface area contributed by atoms with Crippen LogP contribution in [0.1, 0.15) is 25.7 Å². The van der Waals surface area contributed by atoms with Gasteiger partial charge in [0.1, 0.15) is 0 Å². The van der Waals surface area contributed by atoms with Crippen LogP contribution in [0.3, 0.4) is 0 Å². The average molecular weight is 426 g/mol. The minimum atomic E-state index is -3.76. The Kier molecular flexibility index (Phi) is 5.65. The number of nitrogens with zero attached hydrogens (tertiary/aromatic N) is 4. The van der Waals surface area contributed by atoms with Gasteiger partial charge in [0.25, 0.3) is 0 Å². The standard InChI is InChI=1S/C21H22N4O4S/c1-2-24(15-19-22-23-21(29-19)16-7-4-3-5-8-16)30(27,28)18-12-10-17(11-13-18)25-14-6-9-20(25)26/h3-5,7-8,10-13H,2,6,9,14-15H2,1H3. The zero-order valence-electron chi connectivity index (χ0n) is 16.6. The molecule has 0 bridgehead atoms. The molecule has 1 aliphatic heterocycles. The number of hydrogen-bond acceptors (Lipinski definition) is 6. The number of anilines is 1. The summed E-state index contributed by atoms with van der Waals surface area (Å²) >= 11 is 0. The second-order valence-electron chi connectivity index (χ2n) is 6.94. The van der Waals surface area contributed by atoms with Crippen LogP contribution in [0.25, 0.3) is 11.5 Å². The molecule has 3 aromatic rings. The molecule has 1 amide bonds. The topological polar surface area (TPSA) is 96.6 Å². The van der Waals surface area contributed by atoms with E-state index in [1.165, 1.54) is 16.4 Å². The zero-order valence-corrected chi connectivity index (χ0v) is 17.4. The highest BCUT2D eigenvalue weighted by Gasteiger charge is 2.27. The van der Waals surface area contributed by atoms with Crippen LogP contribution < -0.4 is 4.90 Å². The van der Waals surface area contributed by atoms with Crippen molar-refractivity contribution >= 4 is 21.6 Å². The summed E-state index contributed by atoms with van der Waals surface area (Å²) in [5.74, 6) is 0.628. The Balaban J connectivity index is 1.52. The molecule has 156 valence electrons. The molecule has 2 heterocycles. The second-order valence-corrected chi connectivity index (χ2v) is 8.88. The average Bonchev–Trinajstić information content (AvgIpc) is 3.41. The number of carbonyl (C=O) groups excluding carboxylic acids is 1. The Morgan fingerprint density at radius 1 is 1.07 bits per heavy atom. The summed E-state index contributed by atoms with van der Waals surface area (Å²) in [5, 5.41) is 8.01. The van der Waals surface area contributed by atoms with Gasteiger partial charge in [0.2, 0.25) is 27.7 Å². The molecule has 0 unspecified atom stereocenters. The fraction of sp³-hybridized carbons (Fsp3) is 0.286. The van der Waals surface area contributed by atoms with Gasteiger partial charge < -0.3 is 9.32 Å². The molecule has 9 heteroatoms. The highest BCUT2D eigenvalue weighted by atomic mass is 32.2. The lowest BCUT2D eigenvalue weighted by Crippen LogP contribution is -2.30. The maximum absolute atomic E-state index is 13.1. The van der Waals surface area contributed by atoms with Crippen LogP contribution in [0.5, 0.6) is 0 Å². The third-order valence-corrected chi connectivity index (χ3v) is 6.95. The summed E-state index contributed by atoms with van der Waals surface area (Å²) in [7, 11) is -3.76. The van der Waals surface area contributed by atoms with Crippen LogP contribution in [0, 0.1) is 0 Å². The van der Waals surface area contributed by atoms with Crippen LogP contribution in [0.15, 0.2) is 63.9 Å². The van der Waals surface area contributed by atoms with Crippen molar-refractivity contribution in [1.29, 1.82) is 0 Å². The van der Waals surface area contributed by atoms with Crippen molar-refractivity contribution < 1.29 is 17.6 Å². The molecule has 1 aromatic heterocycles. The molecule has 0 aliphatic carbocycles. The Morgan fingerprint density at radius 2 is 1.80 bits per heavy atom. The fourth-order valence-corrected chi connectivity index (χ4v) is 4.80. The molecule has 4 rings (SSSR count). The van der Waals surface area contributed by atoms with Crippen LogP contribution in [0.4, 0.5) is 5.69 Å². The van der Waals surface area contributed by atoms with E-state index in [0.29, 0.717) is 24.5 Å². The Labute approximate surface area is 175 Å². The predicted molar refractivity (Wildman–Crippen MR) is 111 cm³/mol. The minimum Gasteiger partial charge on any atom is -0.419 e. The van der Waals surface area contributed by atoms with E-state index in [0.717, 1.165) is 12.0 Å². The lowest BCUT2D eigenvalue weighted by molar-refractivity contribution is -0.117. The first-order valence-corrected chi connectivity index (χ1v) is 11.2. The number of rotatable bonds is 7. The van der Waals surface area contributed by atoms with Crippen molar-refractivity contribution in [2.75, 3.05) is 18.0 Å². The predicted octanol–water partition coefficient (Wildman–Crippen LogP) is 3.07. The first kappa shape index (κ1) is 20.2. The van der Waals surface area contributed by atoms with Gasteiger partial charge in [-0.05, 0) is 42.8 Å². The van der Waals surface area contributed by atoms with Gasteiger partial charge in [-0.3, -0.25) is 4.79 Å². The Hall–Kier alpha value is -3.04. The molecule has 1 aliphatic rings. The van der Waals surface area contributed by atoms with Gasteiger partial charge in [0.15, 0.2) is 0 Å². The first-order valence-electron chi connectivity index (χ1n) is 9.77. The van der Waals surface area contributed by atoms with E-state index in [1.54, 1.807) is 24.0 Å². The summed E-state index contributed by atoms with van der Waals surface area (Å²) in [6.07, 6.45) is 1.34. The smallest absolute Gasteiger partial charge is 0.247 e. The molecule has 1 saturated heterocycles. The monoisotopic (exact) mass is 426 g/mol. The molecule has 0 N–H and O–H groups in total. The van der Waals surface area contributed by atoms with Gasteiger partial charge in [0, 0.05) is 30.8 Å². The van der Waals surface area contributed by atoms with Crippen molar-refractivity contribution in [3.05, 3.63) is 60.5 Å². The van der Waals surface area contributed by atoms with E-state index in [-0.39, 0.29) is 29.8 Å². The molecule has 2 aromatic carbocycles. The van der Waals surface area contributed by atoms with Gasteiger partial charge in [-0.1, -0.05) is 25.1 Å². The minimum absolute atomic E-state index is 0.0228. The van der Waals surface area contributed by atoms with E-state index in [4.69, 9.17) is 4.42 Å². The van der Waals surface area contributed by atoms with E-state index < -0.39 is 10.0 Å². The highest BCUT2D eigenvalue weighted by Crippen LogP contribution is 2.25. The van der Waals surface area contributed by atoms with Crippen molar-refractivity contribution in [3.63, 3.8) is 0 Å². The molecule has 0 radical (unpaired) electrons. The lowest BCUT2D eigenvalue weighted by atomic mass is 10.2. The van der Waals surface area contributed by atoms with Gasteiger partial charge in [-0.2, -0.15) is 4.31 Å². The van der Waals surface area contributed by atoms with E-state index in [2.05, 4.69) is 10.2 Å². The Morgan fingerprint density at radius 3 is 2.43 bits per heavy atom. The van der Waals surface area contributed by atoms with Crippen molar-refractivity contribution in [1.82, 2.24) is 14.5 Å². The summed E-state index contributed by atoms with van der Waals surface area (Å²) < 4.78 is 33.1. The van der Waals surface area contributed by atoms with E-state index >= 15 is 0 Å². The molecule has 1 fully saturated rings. The quantitative estimate of drug-likeness (QED) is 0.576. The third kappa shape index (κ3) is 3.99. The number of aromatic nitrogens is 2.